The summed E-state index contributed by atoms with van der Waals surface area (Å²) in [6, 6.07) is 13.9. The van der Waals surface area contributed by atoms with Crippen molar-refractivity contribution >= 4 is 51.7 Å². The number of pyridine rings is 1. The molecule has 2 aromatic heterocycles. The molecule has 0 saturated carbocycles. The molecule has 2 aliphatic rings. The number of aromatic nitrogens is 2. The minimum absolute atomic E-state index is 0.147. The number of amides is 1. The lowest BCUT2D eigenvalue weighted by atomic mass is 9.99. The number of hydrogen-bond donors (Lipinski definition) is 0. The van der Waals surface area contributed by atoms with Gasteiger partial charge in [-0.25, -0.2) is 4.98 Å². The van der Waals surface area contributed by atoms with Crippen LogP contribution in [-0.4, -0.2) is 37.6 Å². The number of thiocarbonyl (C=S) groups is 1. The van der Waals surface area contributed by atoms with E-state index in [2.05, 4.69) is 23.1 Å². The fourth-order valence-corrected chi connectivity index (χ4v) is 5.55. The highest BCUT2D eigenvalue weighted by atomic mass is 32.2. The van der Waals surface area contributed by atoms with E-state index in [0.717, 1.165) is 13.0 Å². The highest BCUT2D eigenvalue weighted by Crippen LogP contribution is 2.34. The Labute approximate surface area is 201 Å². The third-order valence-electron chi connectivity index (χ3n) is 5.88. The molecular weight excluding hydrogens is 452 g/mol. The number of hydrogen-bond acceptors (Lipinski definition) is 6. The Hall–Kier alpha value is -2.97. The molecule has 6 nitrogen and oxygen atoms in total. The molecule has 0 spiro atoms. The third kappa shape index (κ3) is 4.09. The molecule has 0 N–H and O–H groups in total. The topological polar surface area (TPSA) is 57.9 Å². The van der Waals surface area contributed by atoms with E-state index >= 15 is 0 Å². The Morgan fingerprint density at radius 2 is 1.88 bits per heavy atom. The molecule has 168 valence electrons. The van der Waals surface area contributed by atoms with E-state index in [0.29, 0.717) is 45.3 Å². The van der Waals surface area contributed by atoms with Gasteiger partial charge in [0, 0.05) is 25.8 Å². The van der Waals surface area contributed by atoms with Crippen LogP contribution in [0.3, 0.4) is 0 Å². The first-order valence-electron chi connectivity index (χ1n) is 11.0. The molecule has 33 heavy (non-hydrogen) atoms. The van der Waals surface area contributed by atoms with E-state index in [4.69, 9.17) is 17.2 Å². The molecule has 1 amide bonds. The van der Waals surface area contributed by atoms with Crippen LogP contribution in [0.2, 0.25) is 0 Å². The standard InChI is InChI=1S/C25H24N4O2S2/c1-16(2)14-29-24(31)20(33-25(29)32)13-19-22(26-21-9-5-6-11-28(21)23(19)30)27-12-10-17-7-3-4-8-18(17)15-27/h3-9,11,13,16H,10,12,14-15H2,1-2H3/b20-13-. The van der Waals surface area contributed by atoms with Crippen LogP contribution in [0, 0.1) is 5.92 Å². The summed E-state index contributed by atoms with van der Waals surface area (Å²) >= 11 is 6.71. The number of rotatable bonds is 4. The van der Waals surface area contributed by atoms with Gasteiger partial charge in [0.25, 0.3) is 11.5 Å². The van der Waals surface area contributed by atoms with Crippen LogP contribution in [0.25, 0.3) is 11.7 Å². The maximum atomic E-state index is 13.6. The van der Waals surface area contributed by atoms with E-state index in [-0.39, 0.29) is 11.5 Å². The molecule has 0 aliphatic carbocycles. The number of nitrogens with zero attached hydrogens (tertiary/aromatic N) is 4. The average molecular weight is 477 g/mol. The lowest BCUT2D eigenvalue weighted by molar-refractivity contribution is -0.122. The molecule has 1 saturated heterocycles. The normalized spacial score (nSPS) is 17.5. The van der Waals surface area contributed by atoms with Gasteiger partial charge in [0.05, 0.1) is 10.5 Å². The largest absolute Gasteiger partial charge is 0.351 e. The lowest BCUT2D eigenvalue weighted by Crippen LogP contribution is -2.34. The minimum Gasteiger partial charge on any atom is -0.351 e. The Balaban J connectivity index is 1.62. The summed E-state index contributed by atoms with van der Waals surface area (Å²) in [4.78, 5) is 35.7. The van der Waals surface area contributed by atoms with Crippen molar-refractivity contribution in [1.82, 2.24) is 14.3 Å². The number of thioether (sulfide) groups is 1. The Kier molecular flexibility index (Phi) is 5.80. The van der Waals surface area contributed by atoms with Gasteiger partial charge in [-0.3, -0.25) is 18.9 Å². The molecule has 0 unspecified atom stereocenters. The van der Waals surface area contributed by atoms with Gasteiger partial charge in [-0.1, -0.05) is 68.2 Å². The third-order valence-corrected chi connectivity index (χ3v) is 7.25. The maximum absolute atomic E-state index is 13.6. The summed E-state index contributed by atoms with van der Waals surface area (Å²) in [5.74, 6) is 0.754. The fourth-order valence-electron chi connectivity index (χ4n) is 4.29. The van der Waals surface area contributed by atoms with Crippen molar-refractivity contribution in [1.29, 1.82) is 0 Å². The molecule has 0 radical (unpaired) electrons. The second-order valence-electron chi connectivity index (χ2n) is 8.71. The highest BCUT2D eigenvalue weighted by molar-refractivity contribution is 8.26. The molecule has 4 heterocycles. The molecule has 1 fully saturated rings. The summed E-state index contributed by atoms with van der Waals surface area (Å²) in [7, 11) is 0. The van der Waals surface area contributed by atoms with E-state index in [9.17, 15) is 9.59 Å². The van der Waals surface area contributed by atoms with E-state index in [1.54, 1.807) is 23.2 Å². The van der Waals surface area contributed by atoms with Crippen LogP contribution in [0.1, 0.15) is 30.5 Å². The number of fused-ring (bicyclic) bond motifs is 2. The summed E-state index contributed by atoms with van der Waals surface area (Å²) < 4.78 is 2.06. The predicted octanol–water partition coefficient (Wildman–Crippen LogP) is 4.11. The van der Waals surface area contributed by atoms with Gasteiger partial charge >= 0.3 is 0 Å². The first-order chi connectivity index (χ1) is 15.9. The van der Waals surface area contributed by atoms with Gasteiger partial charge in [-0.05, 0) is 41.7 Å². The van der Waals surface area contributed by atoms with Gasteiger partial charge in [0.15, 0.2) is 0 Å². The van der Waals surface area contributed by atoms with Crippen molar-refractivity contribution in [3.63, 3.8) is 0 Å². The summed E-state index contributed by atoms with van der Waals surface area (Å²) in [5.41, 5.74) is 3.36. The van der Waals surface area contributed by atoms with Gasteiger partial charge in [-0.15, -0.1) is 0 Å². The quantitative estimate of drug-likeness (QED) is 0.417. The fraction of sp³-hybridized carbons (Fsp3) is 0.280. The van der Waals surface area contributed by atoms with Crippen LogP contribution in [0.4, 0.5) is 5.82 Å². The minimum atomic E-state index is -0.191. The zero-order valence-electron chi connectivity index (χ0n) is 18.5. The molecule has 5 rings (SSSR count). The molecule has 8 heteroatoms. The molecule has 3 aromatic rings. The van der Waals surface area contributed by atoms with Crippen molar-refractivity contribution in [2.45, 2.75) is 26.8 Å². The first-order valence-corrected chi connectivity index (χ1v) is 12.2. The molecule has 1 aromatic carbocycles. The van der Waals surface area contributed by atoms with Crippen LogP contribution >= 0.6 is 24.0 Å². The van der Waals surface area contributed by atoms with Gasteiger partial charge < -0.3 is 4.90 Å². The van der Waals surface area contributed by atoms with E-state index < -0.39 is 0 Å². The average Bonchev–Trinajstić information content (AvgIpc) is 3.07. The van der Waals surface area contributed by atoms with Crippen molar-refractivity contribution < 1.29 is 4.79 Å². The predicted molar refractivity (Wildman–Crippen MR) is 137 cm³/mol. The molecule has 0 bridgehead atoms. The zero-order valence-corrected chi connectivity index (χ0v) is 20.2. The lowest BCUT2D eigenvalue weighted by Gasteiger charge is -2.30. The zero-order chi connectivity index (χ0) is 23.1. The van der Waals surface area contributed by atoms with Crippen molar-refractivity contribution in [3.8, 4) is 0 Å². The van der Waals surface area contributed by atoms with Gasteiger partial charge in [0.2, 0.25) is 0 Å². The number of benzene rings is 1. The Morgan fingerprint density at radius 1 is 1.12 bits per heavy atom. The summed E-state index contributed by atoms with van der Waals surface area (Å²) in [6.45, 7) is 6.08. The van der Waals surface area contributed by atoms with Crippen LogP contribution in [0.15, 0.2) is 58.4 Å². The van der Waals surface area contributed by atoms with Crippen molar-refractivity contribution in [2.75, 3.05) is 18.0 Å². The van der Waals surface area contributed by atoms with Gasteiger partial charge in [0.1, 0.15) is 15.8 Å². The monoisotopic (exact) mass is 476 g/mol. The Bertz CT molecular complexity index is 1360. The van der Waals surface area contributed by atoms with Gasteiger partial charge in [-0.2, -0.15) is 0 Å². The summed E-state index contributed by atoms with van der Waals surface area (Å²) in [6.07, 6.45) is 4.27. The molecule has 2 aliphatic heterocycles. The number of anilines is 1. The van der Waals surface area contributed by atoms with Crippen LogP contribution < -0.4 is 10.5 Å². The summed E-state index contributed by atoms with van der Waals surface area (Å²) in [5, 5.41) is 0. The highest BCUT2D eigenvalue weighted by Gasteiger charge is 2.33. The first kappa shape index (κ1) is 21.9. The van der Waals surface area contributed by atoms with Crippen molar-refractivity contribution in [3.05, 3.63) is 80.6 Å². The second-order valence-corrected chi connectivity index (χ2v) is 10.4. The van der Waals surface area contributed by atoms with E-state index in [1.165, 1.54) is 27.3 Å². The number of carbonyl (C=O) groups excluding carboxylic acids is 1. The van der Waals surface area contributed by atoms with Crippen molar-refractivity contribution in [2.24, 2.45) is 5.92 Å². The smallest absolute Gasteiger partial charge is 0.267 e. The van der Waals surface area contributed by atoms with Crippen LogP contribution in [-0.2, 0) is 17.8 Å². The molecular formula is C25H24N4O2S2. The molecule has 0 atom stereocenters. The maximum Gasteiger partial charge on any atom is 0.267 e. The Morgan fingerprint density at radius 3 is 2.67 bits per heavy atom. The SMILES string of the molecule is CC(C)CN1C(=O)/C(=C/c2c(N3CCc4ccccc4C3)nc3ccccn3c2=O)SC1=S. The second kappa shape index (κ2) is 8.76. The number of carbonyl (C=O) groups is 1. The van der Waals surface area contributed by atoms with E-state index in [1.807, 2.05) is 32.0 Å². The van der Waals surface area contributed by atoms with Crippen LogP contribution in [0.5, 0.6) is 0 Å².